The highest BCUT2D eigenvalue weighted by Gasteiger charge is 2.29. The molecule has 2 aromatic heterocycles. The molecule has 0 aromatic carbocycles. The Bertz CT molecular complexity index is 860. The number of nitrogens with zero attached hydrogens (tertiary/aromatic N) is 3. The van der Waals surface area contributed by atoms with E-state index in [0.29, 0.717) is 36.9 Å². The summed E-state index contributed by atoms with van der Waals surface area (Å²) in [5.74, 6) is 0.900. The Morgan fingerprint density at radius 3 is 2.75 bits per heavy atom. The van der Waals surface area contributed by atoms with Gasteiger partial charge < -0.3 is 14.1 Å². The molecule has 150 valence electrons. The van der Waals surface area contributed by atoms with Crippen LogP contribution in [-0.2, 0) is 11.3 Å². The van der Waals surface area contributed by atoms with Gasteiger partial charge in [-0.05, 0) is 62.6 Å². The number of aromatic nitrogens is 2. The molecule has 28 heavy (non-hydrogen) atoms. The first kappa shape index (κ1) is 18.9. The van der Waals surface area contributed by atoms with Crippen molar-refractivity contribution in [3.05, 3.63) is 51.8 Å². The summed E-state index contributed by atoms with van der Waals surface area (Å²) >= 11 is 0. The SMILES string of the molecule is Cc1cc(C2CCCO2)oc(=O)c1C(=O)N1CCC(CCn2cccn2)CC1. The molecular weight excluding hydrogens is 358 g/mol. The number of likely N-dealkylation sites (tertiary alicyclic amines) is 1. The Morgan fingerprint density at radius 1 is 1.29 bits per heavy atom. The zero-order valence-electron chi connectivity index (χ0n) is 16.3. The standard InChI is InChI=1S/C21H27N3O4/c1-15-14-18(17-4-2-13-27-17)28-21(26)19(15)20(25)23-10-5-16(6-11-23)7-12-24-9-3-8-22-24/h3,8-9,14,16-17H,2,4-7,10-13H2,1H3. The fourth-order valence-electron chi connectivity index (χ4n) is 4.18. The highest BCUT2D eigenvalue weighted by molar-refractivity contribution is 5.95. The summed E-state index contributed by atoms with van der Waals surface area (Å²) in [4.78, 5) is 27.3. The highest BCUT2D eigenvalue weighted by Crippen LogP contribution is 2.29. The molecule has 2 aliphatic heterocycles. The predicted octanol–water partition coefficient (Wildman–Crippen LogP) is 2.94. The number of hydrogen-bond acceptors (Lipinski definition) is 5. The van der Waals surface area contributed by atoms with E-state index in [9.17, 15) is 9.59 Å². The van der Waals surface area contributed by atoms with E-state index in [-0.39, 0.29) is 17.6 Å². The number of piperidine rings is 1. The number of amides is 1. The zero-order chi connectivity index (χ0) is 19.5. The maximum atomic E-state index is 12.9. The van der Waals surface area contributed by atoms with Gasteiger partial charge in [0.25, 0.3) is 5.91 Å². The summed E-state index contributed by atoms with van der Waals surface area (Å²) in [7, 11) is 0. The van der Waals surface area contributed by atoms with E-state index in [1.54, 1.807) is 24.1 Å². The molecule has 0 radical (unpaired) electrons. The van der Waals surface area contributed by atoms with E-state index in [1.807, 2.05) is 16.9 Å². The van der Waals surface area contributed by atoms with E-state index < -0.39 is 5.63 Å². The molecule has 0 spiro atoms. The van der Waals surface area contributed by atoms with Crippen LogP contribution in [-0.4, -0.2) is 40.3 Å². The van der Waals surface area contributed by atoms with Crippen LogP contribution in [0.25, 0.3) is 0 Å². The second-order valence-electron chi connectivity index (χ2n) is 7.79. The average Bonchev–Trinajstić information content (AvgIpc) is 3.40. The first-order chi connectivity index (χ1) is 13.6. The van der Waals surface area contributed by atoms with Crippen LogP contribution >= 0.6 is 0 Å². The number of hydrogen-bond donors (Lipinski definition) is 0. The molecule has 0 bridgehead atoms. The summed E-state index contributed by atoms with van der Waals surface area (Å²) in [6, 6.07) is 3.72. The van der Waals surface area contributed by atoms with Gasteiger partial charge in [-0.1, -0.05) is 0 Å². The molecule has 4 heterocycles. The number of carbonyl (C=O) groups is 1. The van der Waals surface area contributed by atoms with Crippen LogP contribution in [0.4, 0.5) is 0 Å². The molecule has 2 saturated heterocycles. The lowest BCUT2D eigenvalue weighted by Crippen LogP contribution is -2.41. The molecule has 2 aromatic rings. The Balaban J connectivity index is 1.37. The summed E-state index contributed by atoms with van der Waals surface area (Å²) < 4.78 is 13.0. The molecule has 1 amide bonds. The molecule has 0 aliphatic carbocycles. The quantitative estimate of drug-likeness (QED) is 0.791. The van der Waals surface area contributed by atoms with Gasteiger partial charge in [-0.3, -0.25) is 9.48 Å². The van der Waals surface area contributed by atoms with Crippen molar-refractivity contribution in [3.63, 3.8) is 0 Å². The molecule has 1 atom stereocenters. The zero-order valence-corrected chi connectivity index (χ0v) is 16.3. The average molecular weight is 385 g/mol. The van der Waals surface area contributed by atoms with Crippen molar-refractivity contribution in [3.8, 4) is 0 Å². The monoisotopic (exact) mass is 385 g/mol. The molecular formula is C21H27N3O4. The van der Waals surface area contributed by atoms with E-state index in [2.05, 4.69) is 5.10 Å². The van der Waals surface area contributed by atoms with Crippen molar-refractivity contribution in [2.24, 2.45) is 5.92 Å². The molecule has 1 unspecified atom stereocenters. The predicted molar refractivity (Wildman–Crippen MR) is 103 cm³/mol. The van der Waals surface area contributed by atoms with Crippen molar-refractivity contribution >= 4 is 5.91 Å². The maximum absolute atomic E-state index is 12.9. The molecule has 0 saturated carbocycles. The molecule has 4 rings (SSSR count). The van der Waals surface area contributed by atoms with Crippen LogP contribution < -0.4 is 5.63 Å². The largest absolute Gasteiger partial charge is 0.424 e. The Morgan fingerprint density at radius 2 is 2.11 bits per heavy atom. The summed E-state index contributed by atoms with van der Waals surface area (Å²) in [5, 5.41) is 4.24. The number of rotatable bonds is 5. The van der Waals surface area contributed by atoms with Crippen LogP contribution in [0.5, 0.6) is 0 Å². The van der Waals surface area contributed by atoms with E-state index in [4.69, 9.17) is 9.15 Å². The van der Waals surface area contributed by atoms with Gasteiger partial charge >= 0.3 is 5.63 Å². The van der Waals surface area contributed by atoms with Gasteiger partial charge in [0.05, 0.1) is 0 Å². The van der Waals surface area contributed by atoms with Crippen molar-refractivity contribution in [1.82, 2.24) is 14.7 Å². The summed E-state index contributed by atoms with van der Waals surface area (Å²) in [6.07, 6.45) is 8.37. The van der Waals surface area contributed by atoms with Crippen LogP contribution in [0.1, 0.15) is 59.9 Å². The summed E-state index contributed by atoms with van der Waals surface area (Å²) in [5.41, 5.74) is 0.292. The fraction of sp³-hybridized carbons (Fsp3) is 0.571. The van der Waals surface area contributed by atoms with Gasteiger partial charge in [0, 0.05) is 38.6 Å². The van der Waals surface area contributed by atoms with Gasteiger partial charge in [-0.25, -0.2) is 4.79 Å². The second kappa shape index (κ2) is 8.31. The number of ether oxygens (including phenoxy) is 1. The Hall–Kier alpha value is -2.41. The number of carbonyl (C=O) groups excluding carboxylic acids is 1. The molecule has 7 nitrogen and oxygen atoms in total. The van der Waals surface area contributed by atoms with Crippen molar-refractivity contribution < 1.29 is 13.9 Å². The first-order valence-electron chi connectivity index (χ1n) is 10.1. The van der Waals surface area contributed by atoms with Gasteiger partial charge in [0.2, 0.25) is 0 Å². The van der Waals surface area contributed by atoms with Crippen LogP contribution in [0.15, 0.2) is 33.7 Å². The minimum atomic E-state index is -0.545. The summed E-state index contributed by atoms with van der Waals surface area (Å²) in [6.45, 7) is 4.74. The van der Waals surface area contributed by atoms with Crippen molar-refractivity contribution in [2.75, 3.05) is 19.7 Å². The Kier molecular flexibility index (Phi) is 5.62. The minimum absolute atomic E-state index is 0.164. The Labute approximate surface area is 164 Å². The minimum Gasteiger partial charge on any atom is -0.424 e. The lowest BCUT2D eigenvalue weighted by Gasteiger charge is -2.32. The lowest BCUT2D eigenvalue weighted by molar-refractivity contribution is 0.0672. The third-order valence-electron chi connectivity index (χ3n) is 5.86. The van der Waals surface area contributed by atoms with Gasteiger partial charge in [0.15, 0.2) is 0 Å². The molecule has 2 fully saturated rings. The van der Waals surface area contributed by atoms with Gasteiger partial charge in [-0.2, -0.15) is 5.10 Å². The van der Waals surface area contributed by atoms with Gasteiger partial charge in [-0.15, -0.1) is 0 Å². The second-order valence-corrected chi connectivity index (χ2v) is 7.79. The van der Waals surface area contributed by atoms with Crippen LogP contribution in [0.3, 0.4) is 0 Å². The van der Waals surface area contributed by atoms with E-state index in [1.165, 1.54) is 0 Å². The fourth-order valence-corrected chi connectivity index (χ4v) is 4.18. The van der Waals surface area contributed by atoms with E-state index in [0.717, 1.165) is 38.6 Å². The smallest absolute Gasteiger partial charge is 0.349 e. The maximum Gasteiger partial charge on any atom is 0.349 e. The van der Waals surface area contributed by atoms with Crippen LogP contribution in [0.2, 0.25) is 0 Å². The third-order valence-corrected chi connectivity index (χ3v) is 5.86. The molecule has 2 aliphatic rings. The van der Waals surface area contributed by atoms with Gasteiger partial charge in [0.1, 0.15) is 17.4 Å². The van der Waals surface area contributed by atoms with E-state index >= 15 is 0 Å². The molecule has 7 heteroatoms. The lowest BCUT2D eigenvalue weighted by atomic mass is 9.93. The number of aryl methyl sites for hydroxylation is 2. The highest BCUT2D eigenvalue weighted by atomic mass is 16.5. The third kappa shape index (κ3) is 4.04. The normalized spacial score (nSPS) is 20.6. The molecule has 0 N–H and O–H groups in total. The van der Waals surface area contributed by atoms with Crippen LogP contribution in [0, 0.1) is 12.8 Å². The first-order valence-corrected chi connectivity index (χ1v) is 10.1. The van der Waals surface area contributed by atoms with Crippen molar-refractivity contribution in [2.45, 2.75) is 51.7 Å². The topological polar surface area (TPSA) is 77.6 Å². The van der Waals surface area contributed by atoms with Crippen molar-refractivity contribution in [1.29, 1.82) is 0 Å².